The van der Waals surface area contributed by atoms with Gasteiger partial charge < -0.3 is 15.4 Å². The molecule has 0 aliphatic heterocycles. The van der Waals surface area contributed by atoms with Gasteiger partial charge in [0.25, 0.3) is 0 Å². The van der Waals surface area contributed by atoms with Crippen molar-refractivity contribution in [2.75, 3.05) is 18.5 Å². The standard InChI is InChI=1S/C21H20FN3O3S/c1-2-28-18-9-4-3-8-17(18)25-20(27)19(26)23-11-10-16-13-29-21(24-16)14-6-5-7-15(22)12-14/h3-9,12-13H,2,10-11H2,1H3,(H,23,26)(H,25,27). The third-order valence-electron chi connectivity index (χ3n) is 3.93. The molecule has 0 aliphatic carbocycles. The Kier molecular flexibility index (Phi) is 6.91. The van der Waals surface area contributed by atoms with Crippen molar-refractivity contribution in [2.45, 2.75) is 13.3 Å². The molecule has 0 unspecified atom stereocenters. The van der Waals surface area contributed by atoms with Crippen molar-refractivity contribution in [2.24, 2.45) is 0 Å². The number of nitrogens with zero attached hydrogens (tertiary/aromatic N) is 1. The summed E-state index contributed by atoms with van der Waals surface area (Å²) in [4.78, 5) is 28.6. The van der Waals surface area contributed by atoms with E-state index in [2.05, 4.69) is 15.6 Å². The highest BCUT2D eigenvalue weighted by Crippen LogP contribution is 2.25. The van der Waals surface area contributed by atoms with Crippen LogP contribution in [0.4, 0.5) is 10.1 Å². The van der Waals surface area contributed by atoms with Gasteiger partial charge in [0, 0.05) is 23.9 Å². The van der Waals surface area contributed by atoms with Crippen LogP contribution in [0.5, 0.6) is 5.75 Å². The monoisotopic (exact) mass is 413 g/mol. The molecule has 2 aromatic carbocycles. The van der Waals surface area contributed by atoms with E-state index in [1.165, 1.54) is 23.5 Å². The lowest BCUT2D eigenvalue weighted by Crippen LogP contribution is -2.36. The number of amides is 2. The lowest BCUT2D eigenvalue weighted by atomic mass is 10.2. The Bertz CT molecular complexity index is 1010. The number of aromatic nitrogens is 1. The van der Waals surface area contributed by atoms with Gasteiger partial charge in [-0.1, -0.05) is 24.3 Å². The number of nitrogens with one attached hydrogen (secondary N) is 2. The predicted molar refractivity (Wildman–Crippen MR) is 110 cm³/mol. The zero-order valence-electron chi connectivity index (χ0n) is 15.8. The van der Waals surface area contributed by atoms with Crippen LogP contribution in [0.2, 0.25) is 0 Å². The topological polar surface area (TPSA) is 80.3 Å². The van der Waals surface area contributed by atoms with Gasteiger partial charge in [0.2, 0.25) is 0 Å². The van der Waals surface area contributed by atoms with E-state index >= 15 is 0 Å². The first-order valence-electron chi connectivity index (χ1n) is 9.08. The fourth-order valence-corrected chi connectivity index (χ4v) is 3.44. The Hall–Kier alpha value is -3.26. The number of para-hydroxylation sites is 2. The van der Waals surface area contributed by atoms with E-state index in [9.17, 15) is 14.0 Å². The fourth-order valence-electron chi connectivity index (χ4n) is 2.59. The van der Waals surface area contributed by atoms with E-state index < -0.39 is 11.8 Å². The molecule has 2 N–H and O–H groups in total. The van der Waals surface area contributed by atoms with Crippen LogP contribution in [0, 0.1) is 5.82 Å². The molecule has 0 atom stereocenters. The van der Waals surface area contributed by atoms with Gasteiger partial charge >= 0.3 is 11.8 Å². The van der Waals surface area contributed by atoms with E-state index in [4.69, 9.17) is 4.74 Å². The highest BCUT2D eigenvalue weighted by molar-refractivity contribution is 7.13. The average molecular weight is 413 g/mol. The molecule has 3 aromatic rings. The third kappa shape index (κ3) is 5.61. The molecule has 0 bridgehead atoms. The molecule has 150 valence electrons. The third-order valence-corrected chi connectivity index (χ3v) is 4.87. The highest BCUT2D eigenvalue weighted by Gasteiger charge is 2.15. The number of rotatable bonds is 7. The molecule has 0 saturated carbocycles. The molecule has 0 spiro atoms. The summed E-state index contributed by atoms with van der Waals surface area (Å²) in [5.74, 6) is -1.32. The maximum Gasteiger partial charge on any atom is 0.313 e. The summed E-state index contributed by atoms with van der Waals surface area (Å²) in [7, 11) is 0. The molecule has 0 saturated heterocycles. The van der Waals surface area contributed by atoms with Crippen molar-refractivity contribution in [3.8, 4) is 16.3 Å². The quantitative estimate of drug-likeness (QED) is 0.580. The normalized spacial score (nSPS) is 10.4. The maximum atomic E-state index is 13.3. The summed E-state index contributed by atoms with van der Waals surface area (Å²) in [6.45, 7) is 2.54. The minimum atomic E-state index is -0.768. The molecule has 0 radical (unpaired) electrons. The Balaban J connectivity index is 1.51. The van der Waals surface area contributed by atoms with Gasteiger partial charge in [-0.2, -0.15) is 0 Å². The molecule has 1 aromatic heterocycles. The number of halogens is 1. The van der Waals surface area contributed by atoms with Crippen molar-refractivity contribution < 1.29 is 18.7 Å². The lowest BCUT2D eigenvalue weighted by Gasteiger charge is -2.11. The van der Waals surface area contributed by atoms with Gasteiger partial charge in [-0.3, -0.25) is 9.59 Å². The van der Waals surface area contributed by atoms with Crippen LogP contribution < -0.4 is 15.4 Å². The SMILES string of the molecule is CCOc1ccccc1NC(=O)C(=O)NCCc1csc(-c2cccc(F)c2)n1. The van der Waals surface area contributed by atoms with Crippen LogP contribution in [0.1, 0.15) is 12.6 Å². The smallest absolute Gasteiger partial charge is 0.313 e. The number of anilines is 1. The first-order chi connectivity index (χ1) is 14.1. The molecule has 2 amide bonds. The van der Waals surface area contributed by atoms with Crippen molar-refractivity contribution in [3.05, 3.63) is 65.4 Å². The van der Waals surface area contributed by atoms with Crippen LogP contribution in [0.25, 0.3) is 10.6 Å². The summed E-state index contributed by atoms with van der Waals surface area (Å²) in [6.07, 6.45) is 0.459. The van der Waals surface area contributed by atoms with Gasteiger partial charge in [0.05, 0.1) is 18.0 Å². The zero-order valence-corrected chi connectivity index (χ0v) is 16.6. The Morgan fingerprint density at radius 1 is 1.14 bits per heavy atom. The van der Waals surface area contributed by atoms with Crippen LogP contribution in [0.3, 0.4) is 0 Å². The van der Waals surface area contributed by atoms with Crippen molar-refractivity contribution in [1.82, 2.24) is 10.3 Å². The van der Waals surface area contributed by atoms with Crippen LogP contribution in [-0.2, 0) is 16.0 Å². The first-order valence-corrected chi connectivity index (χ1v) is 9.96. The minimum absolute atomic E-state index is 0.256. The second kappa shape index (κ2) is 9.79. The van der Waals surface area contributed by atoms with Crippen LogP contribution in [-0.4, -0.2) is 29.9 Å². The first kappa shape index (κ1) is 20.5. The largest absolute Gasteiger partial charge is 0.492 e. The lowest BCUT2D eigenvalue weighted by molar-refractivity contribution is -0.136. The molecule has 0 fully saturated rings. The second-order valence-corrected chi connectivity index (χ2v) is 6.90. The van der Waals surface area contributed by atoms with E-state index in [0.717, 1.165) is 5.69 Å². The van der Waals surface area contributed by atoms with Gasteiger partial charge in [-0.25, -0.2) is 9.37 Å². The minimum Gasteiger partial charge on any atom is -0.492 e. The predicted octanol–water partition coefficient (Wildman–Crippen LogP) is 3.65. The number of benzene rings is 2. The van der Waals surface area contributed by atoms with E-state index in [1.54, 1.807) is 36.4 Å². The molecular formula is C21H20FN3O3S. The fraction of sp³-hybridized carbons (Fsp3) is 0.190. The van der Waals surface area contributed by atoms with E-state index in [1.807, 2.05) is 12.3 Å². The molecule has 1 heterocycles. The van der Waals surface area contributed by atoms with Crippen molar-refractivity contribution in [1.29, 1.82) is 0 Å². The van der Waals surface area contributed by atoms with Gasteiger partial charge in [0.15, 0.2) is 0 Å². The number of thiazole rings is 1. The van der Waals surface area contributed by atoms with Crippen LogP contribution >= 0.6 is 11.3 Å². The Labute approximate surface area is 171 Å². The van der Waals surface area contributed by atoms with Gasteiger partial charge in [0.1, 0.15) is 16.6 Å². The summed E-state index contributed by atoms with van der Waals surface area (Å²) in [6, 6.07) is 13.1. The number of ether oxygens (including phenoxy) is 1. The number of carbonyl (C=O) groups is 2. The van der Waals surface area contributed by atoms with E-state index in [-0.39, 0.29) is 12.4 Å². The summed E-state index contributed by atoms with van der Waals surface area (Å²) in [5.41, 5.74) is 1.91. The summed E-state index contributed by atoms with van der Waals surface area (Å²) >= 11 is 1.40. The molecule has 6 nitrogen and oxygen atoms in total. The van der Waals surface area contributed by atoms with Gasteiger partial charge in [-0.15, -0.1) is 11.3 Å². The molecule has 29 heavy (non-hydrogen) atoms. The Morgan fingerprint density at radius 2 is 1.97 bits per heavy atom. The summed E-state index contributed by atoms with van der Waals surface area (Å²) < 4.78 is 18.8. The second-order valence-electron chi connectivity index (χ2n) is 6.04. The molecular weight excluding hydrogens is 393 g/mol. The zero-order chi connectivity index (χ0) is 20.6. The maximum absolute atomic E-state index is 13.3. The molecule has 8 heteroatoms. The van der Waals surface area contributed by atoms with Crippen molar-refractivity contribution in [3.63, 3.8) is 0 Å². The van der Waals surface area contributed by atoms with Crippen molar-refractivity contribution >= 4 is 28.8 Å². The molecule has 3 rings (SSSR count). The number of hydrogen-bond donors (Lipinski definition) is 2. The average Bonchev–Trinajstić information content (AvgIpc) is 3.18. The number of carbonyl (C=O) groups excluding carboxylic acids is 2. The highest BCUT2D eigenvalue weighted by atomic mass is 32.1. The van der Waals surface area contributed by atoms with E-state index in [0.29, 0.717) is 35.0 Å². The van der Waals surface area contributed by atoms with Crippen LogP contribution in [0.15, 0.2) is 53.9 Å². The summed E-state index contributed by atoms with van der Waals surface area (Å²) in [5, 5.41) is 7.68. The Morgan fingerprint density at radius 3 is 2.76 bits per heavy atom. The van der Waals surface area contributed by atoms with Gasteiger partial charge in [-0.05, 0) is 31.2 Å². The number of hydrogen-bond acceptors (Lipinski definition) is 5. The molecule has 0 aliphatic rings.